The minimum atomic E-state index is -4.65. The summed E-state index contributed by atoms with van der Waals surface area (Å²) >= 11 is 1.21. The molecule has 1 saturated heterocycles. The van der Waals surface area contributed by atoms with Crippen LogP contribution in [0, 0.1) is 5.41 Å². The van der Waals surface area contributed by atoms with E-state index in [1.807, 2.05) is 24.2 Å². The smallest absolute Gasteiger partial charge is 0.416 e. The van der Waals surface area contributed by atoms with E-state index >= 15 is 0 Å². The van der Waals surface area contributed by atoms with Gasteiger partial charge in [-0.2, -0.15) is 26.3 Å². The maximum absolute atomic E-state index is 14.2. The number of amidine groups is 1. The first kappa shape index (κ1) is 34.9. The summed E-state index contributed by atoms with van der Waals surface area (Å²) in [6, 6.07) is 8.00. The van der Waals surface area contributed by atoms with Crippen molar-refractivity contribution in [2.75, 3.05) is 25.7 Å². The number of anilines is 1. The molecular formula is C32H33F6N3O4S. The molecule has 2 aliphatic rings. The third-order valence-electron chi connectivity index (χ3n) is 8.15. The maximum Gasteiger partial charge on any atom is 0.416 e. The lowest BCUT2D eigenvalue weighted by atomic mass is 9.79. The van der Waals surface area contributed by atoms with Crippen LogP contribution in [0.4, 0.5) is 37.7 Å². The molecule has 0 saturated carbocycles. The van der Waals surface area contributed by atoms with Gasteiger partial charge >= 0.3 is 24.3 Å². The lowest BCUT2D eigenvalue weighted by Crippen LogP contribution is -2.58. The number of nitrogens with zero attached hydrogens (tertiary/aromatic N) is 3. The van der Waals surface area contributed by atoms with Gasteiger partial charge in [-0.3, -0.25) is 9.69 Å². The van der Waals surface area contributed by atoms with E-state index in [0.29, 0.717) is 13.0 Å². The number of carbonyl (C=O) groups is 2. The number of methoxy groups -OCH3 is 2. The third kappa shape index (κ3) is 5.75. The van der Waals surface area contributed by atoms with E-state index in [9.17, 15) is 35.9 Å². The number of ether oxygens (including phenoxy) is 2. The standard InChI is InChI=1S/C32H33F6N3O4S/c1-7-8-17-40-19(2)18-46-30(40)25(20(3)26(42)44-5)41(24-15-11-22(12-16-24)32(36,37)38)27(29(30,4)28(43)45-6)39-23-13-9-21(10-14-23)31(33,34)35/h9-16,18H,7-8,17H2,1-6H3/b25-20+,39-27?/t29-,30-/m0/s1. The van der Waals surface area contributed by atoms with Crippen LogP contribution < -0.4 is 4.90 Å². The number of thioether (sulfide) groups is 1. The van der Waals surface area contributed by atoms with Gasteiger partial charge in [0, 0.05) is 17.9 Å². The Morgan fingerprint density at radius 1 is 0.913 bits per heavy atom. The molecule has 46 heavy (non-hydrogen) atoms. The molecule has 2 heterocycles. The van der Waals surface area contributed by atoms with Gasteiger partial charge in [0.25, 0.3) is 0 Å². The molecular weight excluding hydrogens is 636 g/mol. The number of hydrogen-bond acceptors (Lipinski definition) is 7. The topological polar surface area (TPSA) is 71.4 Å². The van der Waals surface area contributed by atoms with Gasteiger partial charge in [-0.15, -0.1) is 0 Å². The number of aliphatic imine (C=N–C) groups is 1. The van der Waals surface area contributed by atoms with Crippen LogP contribution in [0.1, 0.15) is 51.7 Å². The number of hydrogen-bond donors (Lipinski definition) is 0. The SMILES string of the molecule is CCCCN1C(C)=CS[C@]12/C(=C(/C)C(=O)OC)N(c1ccc(C(F)(F)F)cc1)C(=Nc1ccc(C(F)(F)F)cc1)[C@@]2(C)C(=O)OC. The van der Waals surface area contributed by atoms with E-state index in [1.165, 1.54) is 49.9 Å². The lowest BCUT2D eigenvalue weighted by molar-refractivity contribution is -0.150. The van der Waals surface area contributed by atoms with Crippen molar-refractivity contribution in [1.82, 2.24) is 4.90 Å². The third-order valence-corrected chi connectivity index (χ3v) is 9.77. The molecule has 0 amide bonds. The molecule has 0 radical (unpaired) electrons. The second-order valence-corrected chi connectivity index (χ2v) is 12.0. The second-order valence-electron chi connectivity index (χ2n) is 11.0. The summed E-state index contributed by atoms with van der Waals surface area (Å²) in [5, 5.41) is 1.81. The minimum Gasteiger partial charge on any atom is -0.468 e. The number of halogens is 6. The van der Waals surface area contributed by atoms with Crippen LogP contribution in [-0.4, -0.2) is 48.3 Å². The van der Waals surface area contributed by atoms with Gasteiger partial charge in [-0.1, -0.05) is 25.1 Å². The number of carbonyl (C=O) groups excluding carboxylic acids is 2. The Morgan fingerprint density at radius 3 is 1.93 bits per heavy atom. The Kier molecular flexibility index (Phi) is 9.63. The molecule has 0 bridgehead atoms. The van der Waals surface area contributed by atoms with Gasteiger partial charge in [0.15, 0.2) is 10.3 Å². The van der Waals surface area contributed by atoms with Crippen LogP contribution in [-0.2, 0) is 31.4 Å². The summed E-state index contributed by atoms with van der Waals surface area (Å²) in [5.41, 5.74) is -2.54. The minimum absolute atomic E-state index is 0.0231. The molecule has 2 aromatic carbocycles. The van der Waals surface area contributed by atoms with Crippen molar-refractivity contribution in [2.45, 2.75) is 57.8 Å². The first-order valence-electron chi connectivity index (χ1n) is 14.2. The fraction of sp³-hybridized carbons (Fsp3) is 0.406. The van der Waals surface area contributed by atoms with Gasteiger partial charge in [0.05, 0.1) is 42.3 Å². The molecule has 0 unspecified atom stereocenters. The largest absolute Gasteiger partial charge is 0.468 e. The summed E-state index contributed by atoms with van der Waals surface area (Å²) in [4.78, 5) is 34.0. The number of benzene rings is 2. The van der Waals surface area contributed by atoms with E-state index in [2.05, 4.69) is 0 Å². The number of unbranched alkanes of at least 4 members (excludes halogenated alkanes) is 1. The Labute approximate surface area is 266 Å². The fourth-order valence-corrected chi connectivity index (χ4v) is 7.40. The summed E-state index contributed by atoms with van der Waals surface area (Å²) in [6.07, 6.45) is -7.83. The highest BCUT2D eigenvalue weighted by molar-refractivity contribution is 8.04. The molecule has 2 aromatic rings. The van der Waals surface area contributed by atoms with E-state index in [0.717, 1.165) is 48.5 Å². The Balaban J connectivity index is 2.16. The summed E-state index contributed by atoms with van der Waals surface area (Å²) in [6.45, 7) is 7.24. The zero-order chi connectivity index (χ0) is 34.2. The van der Waals surface area contributed by atoms with Crippen LogP contribution in [0.3, 0.4) is 0 Å². The summed E-state index contributed by atoms with van der Waals surface area (Å²) in [5.74, 6) is -1.64. The monoisotopic (exact) mass is 669 g/mol. The molecule has 0 aromatic heterocycles. The van der Waals surface area contributed by atoms with Gasteiger partial charge in [-0.25, -0.2) is 9.79 Å². The molecule has 0 aliphatic carbocycles. The normalized spacial score (nSPS) is 23.7. The van der Waals surface area contributed by atoms with Crippen molar-refractivity contribution in [3.63, 3.8) is 0 Å². The first-order valence-corrected chi connectivity index (χ1v) is 15.1. The summed E-state index contributed by atoms with van der Waals surface area (Å²) < 4.78 is 91.4. The number of allylic oxidation sites excluding steroid dienone is 1. The maximum atomic E-state index is 14.2. The van der Waals surface area contributed by atoms with E-state index < -0.39 is 45.7 Å². The van der Waals surface area contributed by atoms with Gasteiger partial charge in [0.1, 0.15) is 5.84 Å². The fourth-order valence-electron chi connectivity index (χ4n) is 5.80. The van der Waals surface area contributed by atoms with Crippen LogP contribution in [0.5, 0.6) is 0 Å². The van der Waals surface area contributed by atoms with Crippen molar-refractivity contribution in [2.24, 2.45) is 10.4 Å². The van der Waals surface area contributed by atoms with Gasteiger partial charge in [-0.05, 0) is 81.1 Å². The van der Waals surface area contributed by atoms with Crippen molar-refractivity contribution in [3.8, 4) is 0 Å². The zero-order valence-corrected chi connectivity index (χ0v) is 26.8. The Hall–Kier alpha value is -3.94. The van der Waals surface area contributed by atoms with Crippen molar-refractivity contribution in [3.05, 3.63) is 82.0 Å². The summed E-state index contributed by atoms with van der Waals surface area (Å²) in [7, 11) is 2.35. The van der Waals surface area contributed by atoms with E-state index in [-0.39, 0.29) is 28.5 Å². The highest BCUT2D eigenvalue weighted by atomic mass is 32.2. The van der Waals surface area contributed by atoms with Crippen molar-refractivity contribution >= 4 is 40.9 Å². The number of alkyl halides is 6. The van der Waals surface area contributed by atoms with E-state index in [1.54, 1.807) is 6.92 Å². The van der Waals surface area contributed by atoms with Crippen LogP contribution in [0.2, 0.25) is 0 Å². The predicted molar refractivity (Wildman–Crippen MR) is 163 cm³/mol. The quantitative estimate of drug-likeness (QED) is 0.167. The Bertz CT molecular complexity index is 1580. The molecule has 2 aliphatic heterocycles. The highest BCUT2D eigenvalue weighted by Crippen LogP contribution is 2.64. The zero-order valence-electron chi connectivity index (χ0n) is 26.0. The molecule has 4 rings (SSSR count). The molecule has 7 nitrogen and oxygen atoms in total. The van der Waals surface area contributed by atoms with Crippen molar-refractivity contribution < 1.29 is 45.4 Å². The second kappa shape index (κ2) is 12.7. The molecule has 1 fully saturated rings. The number of rotatable bonds is 7. The Morgan fingerprint density at radius 2 is 1.46 bits per heavy atom. The molecule has 0 N–H and O–H groups in total. The van der Waals surface area contributed by atoms with E-state index in [4.69, 9.17) is 14.5 Å². The number of esters is 2. The van der Waals surface area contributed by atoms with Crippen LogP contribution in [0.25, 0.3) is 0 Å². The van der Waals surface area contributed by atoms with Gasteiger partial charge in [0.2, 0.25) is 0 Å². The van der Waals surface area contributed by atoms with Crippen LogP contribution in [0.15, 0.2) is 75.9 Å². The highest BCUT2D eigenvalue weighted by Gasteiger charge is 2.72. The van der Waals surface area contributed by atoms with Crippen LogP contribution >= 0.6 is 11.8 Å². The van der Waals surface area contributed by atoms with Crippen molar-refractivity contribution in [1.29, 1.82) is 0 Å². The average molecular weight is 670 g/mol. The molecule has 1 spiro atoms. The molecule has 248 valence electrons. The average Bonchev–Trinajstić information content (AvgIpc) is 3.46. The first-order chi connectivity index (χ1) is 21.5. The molecule has 2 atom stereocenters. The molecule has 14 heteroatoms. The predicted octanol–water partition coefficient (Wildman–Crippen LogP) is 8.31. The van der Waals surface area contributed by atoms with Gasteiger partial charge < -0.3 is 14.4 Å². The lowest BCUT2D eigenvalue weighted by Gasteiger charge is -2.45.